The van der Waals surface area contributed by atoms with Gasteiger partial charge in [-0.2, -0.15) is 0 Å². The normalized spacial score (nSPS) is 22.2. The van der Waals surface area contributed by atoms with Gasteiger partial charge in [-0.05, 0) is 49.1 Å². The second kappa shape index (κ2) is 6.44. The zero-order chi connectivity index (χ0) is 16.5. The lowest BCUT2D eigenvalue weighted by atomic mass is 9.97. The number of fused-ring (bicyclic) bond motifs is 4. The summed E-state index contributed by atoms with van der Waals surface area (Å²) in [7, 11) is 1.70. The molecule has 2 aromatic rings. The van der Waals surface area contributed by atoms with Gasteiger partial charge in [-0.25, -0.2) is 0 Å². The summed E-state index contributed by atoms with van der Waals surface area (Å²) >= 11 is 0. The minimum Gasteiger partial charge on any atom is -0.493 e. The SMILES string of the molecule is CCOc1ccc(CN2[C@@H]3CC[C@@H]2c2cccnc2C3)cc1OC. The van der Waals surface area contributed by atoms with Gasteiger partial charge in [-0.15, -0.1) is 0 Å². The molecule has 0 spiro atoms. The molecule has 4 rings (SSSR count). The van der Waals surface area contributed by atoms with Crippen LogP contribution >= 0.6 is 0 Å². The Kier molecular flexibility index (Phi) is 4.15. The van der Waals surface area contributed by atoms with Gasteiger partial charge in [0.25, 0.3) is 0 Å². The van der Waals surface area contributed by atoms with Crippen LogP contribution in [0.2, 0.25) is 0 Å². The highest BCUT2D eigenvalue weighted by molar-refractivity contribution is 5.43. The van der Waals surface area contributed by atoms with Gasteiger partial charge in [0.2, 0.25) is 0 Å². The molecule has 2 atom stereocenters. The van der Waals surface area contributed by atoms with Gasteiger partial charge in [0.15, 0.2) is 11.5 Å². The predicted molar refractivity (Wildman–Crippen MR) is 93.4 cm³/mol. The van der Waals surface area contributed by atoms with Gasteiger partial charge < -0.3 is 9.47 Å². The Morgan fingerprint density at radius 3 is 2.96 bits per heavy atom. The van der Waals surface area contributed by atoms with Crippen molar-refractivity contribution in [2.24, 2.45) is 0 Å². The maximum atomic E-state index is 5.63. The van der Waals surface area contributed by atoms with Crippen molar-refractivity contribution in [1.29, 1.82) is 0 Å². The quantitative estimate of drug-likeness (QED) is 0.839. The van der Waals surface area contributed by atoms with Crippen LogP contribution in [0.15, 0.2) is 36.5 Å². The van der Waals surface area contributed by atoms with Crippen LogP contribution in [-0.2, 0) is 13.0 Å². The Labute approximate surface area is 143 Å². The fraction of sp³-hybridized carbons (Fsp3) is 0.450. The van der Waals surface area contributed by atoms with E-state index in [1.54, 1.807) is 7.11 Å². The monoisotopic (exact) mass is 324 g/mol. The van der Waals surface area contributed by atoms with Crippen molar-refractivity contribution in [3.8, 4) is 11.5 Å². The van der Waals surface area contributed by atoms with Crippen molar-refractivity contribution in [1.82, 2.24) is 9.88 Å². The highest BCUT2D eigenvalue weighted by Gasteiger charge is 2.40. The van der Waals surface area contributed by atoms with E-state index in [9.17, 15) is 0 Å². The van der Waals surface area contributed by atoms with E-state index in [1.165, 1.54) is 29.7 Å². The highest BCUT2D eigenvalue weighted by atomic mass is 16.5. The highest BCUT2D eigenvalue weighted by Crippen LogP contribution is 2.44. The molecule has 24 heavy (non-hydrogen) atoms. The van der Waals surface area contributed by atoms with E-state index >= 15 is 0 Å². The third kappa shape index (κ3) is 2.65. The number of hydrogen-bond donors (Lipinski definition) is 0. The van der Waals surface area contributed by atoms with Crippen molar-refractivity contribution < 1.29 is 9.47 Å². The minimum absolute atomic E-state index is 0.505. The Hall–Kier alpha value is -2.07. The number of ether oxygens (including phenoxy) is 2. The predicted octanol–water partition coefficient (Wildman–Crippen LogP) is 3.75. The maximum absolute atomic E-state index is 5.63. The molecule has 2 aliphatic heterocycles. The molecule has 1 fully saturated rings. The molecule has 2 bridgehead atoms. The Bertz CT molecular complexity index is 731. The van der Waals surface area contributed by atoms with Gasteiger partial charge in [-0.1, -0.05) is 12.1 Å². The molecule has 0 N–H and O–H groups in total. The number of hydrogen-bond acceptors (Lipinski definition) is 4. The molecule has 4 heteroatoms. The van der Waals surface area contributed by atoms with Crippen molar-refractivity contribution in [2.45, 2.75) is 44.8 Å². The number of pyridine rings is 1. The van der Waals surface area contributed by atoms with Gasteiger partial charge in [-0.3, -0.25) is 9.88 Å². The van der Waals surface area contributed by atoms with Crippen LogP contribution in [0, 0.1) is 0 Å². The standard InChI is InChI=1S/C20H24N2O2/c1-3-24-19-9-6-14(11-20(19)23-2)13-22-15-7-8-18(22)16-5-4-10-21-17(16)12-15/h4-6,9-11,15,18H,3,7-8,12-13H2,1-2H3/t15-,18-/m1/s1. The molecule has 0 saturated carbocycles. The summed E-state index contributed by atoms with van der Waals surface area (Å²) in [5.74, 6) is 1.64. The minimum atomic E-state index is 0.505. The van der Waals surface area contributed by atoms with Crippen molar-refractivity contribution >= 4 is 0 Å². The molecule has 3 heterocycles. The van der Waals surface area contributed by atoms with Crippen LogP contribution in [0.5, 0.6) is 11.5 Å². The van der Waals surface area contributed by atoms with Crippen LogP contribution in [0.25, 0.3) is 0 Å². The van der Waals surface area contributed by atoms with Crippen molar-refractivity contribution in [3.63, 3.8) is 0 Å². The lowest BCUT2D eigenvalue weighted by Gasteiger charge is -2.35. The average Bonchev–Trinajstić information content (AvgIpc) is 2.88. The van der Waals surface area contributed by atoms with Gasteiger partial charge in [0.1, 0.15) is 0 Å². The van der Waals surface area contributed by atoms with Gasteiger partial charge >= 0.3 is 0 Å². The van der Waals surface area contributed by atoms with Crippen molar-refractivity contribution in [2.75, 3.05) is 13.7 Å². The molecule has 2 aliphatic rings. The third-order valence-corrected chi connectivity index (χ3v) is 5.25. The second-order valence-electron chi connectivity index (χ2n) is 6.58. The van der Waals surface area contributed by atoms with E-state index in [2.05, 4.69) is 34.1 Å². The van der Waals surface area contributed by atoms with Crippen molar-refractivity contribution in [3.05, 3.63) is 53.3 Å². The first kappa shape index (κ1) is 15.5. The van der Waals surface area contributed by atoms with Gasteiger partial charge in [0, 0.05) is 36.9 Å². The number of benzene rings is 1. The molecule has 0 amide bonds. The van der Waals surface area contributed by atoms with Crippen LogP contribution in [0.3, 0.4) is 0 Å². The molecule has 1 aromatic heterocycles. The lowest BCUT2D eigenvalue weighted by Crippen LogP contribution is -2.37. The number of nitrogens with zero attached hydrogens (tertiary/aromatic N) is 2. The maximum Gasteiger partial charge on any atom is 0.161 e. The summed E-state index contributed by atoms with van der Waals surface area (Å²) in [4.78, 5) is 7.24. The van der Waals surface area contributed by atoms with E-state index in [0.29, 0.717) is 18.7 Å². The Balaban J connectivity index is 1.58. The summed E-state index contributed by atoms with van der Waals surface area (Å²) in [5.41, 5.74) is 3.99. The van der Waals surface area contributed by atoms with Crippen LogP contribution in [0.4, 0.5) is 0 Å². The van der Waals surface area contributed by atoms with E-state index in [1.807, 2.05) is 19.2 Å². The number of aromatic nitrogens is 1. The smallest absolute Gasteiger partial charge is 0.161 e. The van der Waals surface area contributed by atoms with Crippen LogP contribution < -0.4 is 9.47 Å². The van der Waals surface area contributed by atoms with Gasteiger partial charge in [0.05, 0.1) is 13.7 Å². The summed E-state index contributed by atoms with van der Waals surface area (Å²) in [6, 6.07) is 11.7. The fourth-order valence-electron chi connectivity index (χ4n) is 4.17. The average molecular weight is 324 g/mol. The number of rotatable bonds is 5. The first-order chi connectivity index (χ1) is 11.8. The molecule has 126 valence electrons. The topological polar surface area (TPSA) is 34.6 Å². The molecule has 0 radical (unpaired) electrons. The number of methoxy groups -OCH3 is 1. The zero-order valence-corrected chi connectivity index (χ0v) is 14.4. The molecule has 4 nitrogen and oxygen atoms in total. The van der Waals surface area contributed by atoms with Crippen LogP contribution in [0.1, 0.15) is 42.6 Å². The molecule has 0 unspecified atom stereocenters. The Morgan fingerprint density at radius 1 is 1.21 bits per heavy atom. The Morgan fingerprint density at radius 2 is 2.12 bits per heavy atom. The van der Waals surface area contributed by atoms with E-state index in [-0.39, 0.29) is 0 Å². The summed E-state index contributed by atoms with van der Waals surface area (Å²) < 4.78 is 11.1. The third-order valence-electron chi connectivity index (χ3n) is 5.25. The largest absolute Gasteiger partial charge is 0.493 e. The second-order valence-corrected chi connectivity index (χ2v) is 6.58. The molecular weight excluding hydrogens is 300 g/mol. The van der Waals surface area contributed by atoms with E-state index in [0.717, 1.165) is 24.5 Å². The van der Waals surface area contributed by atoms with Crippen LogP contribution in [-0.4, -0.2) is 29.6 Å². The van der Waals surface area contributed by atoms with E-state index in [4.69, 9.17) is 9.47 Å². The molecule has 0 aliphatic carbocycles. The fourth-order valence-corrected chi connectivity index (χ4v) is 4.17. The zero-order valence-electron chi connectivity index (χ0n) is 14.4. The summed E-state index contributed by atoms with van der Waals surface area (Å²) in [6.07, 6.45) is 5.48. The molecular formula is C20H24N2O2. The first-order valence-corrected chi connectivity index (χ1v) is 8.79. The molecule has 1 aromatic carbocycles. The lowest BCUT2D eigenvalue weighted by molar-refractivity contribution is 0.166. The summed E-state index contributed by atoms with van der Waals surface area (Å²) in [6.45, 7) is 3.59. The summed E-state index contributed by atoms with van der Waals surface area (Å²) in [5, 5.41) is 0. The first-order valence-electron chi connectivity index (χ1n) is 8.79. The molecule has 1 saturated heterocycles. The van der Waals surface area contributed by atoms with E-state index < -0.39 is 0 Å².